The van der Waals surface area contributed by atoms with Gasteiger partial charge in [-0.1, -0.05) is 24.3 Å². The van der Waals surface area contributed by atoms with Crippen molar-refractivity contribution in [2.24, 2.45) is 0 Å². The number of carboxylic acids is 1. The van der Waals surface area contributed by atoms with Gasteiger partial charge in [0.1, 0.15) is 17.2 Å². The summed E-state index contributed by atoms with van der Waals surface area (Å²) >= 11 is 0. The van der Waals surface area contributed by atoms with Crippen LogP contribution >= 0.6 is 0 Å². The number of aryl methyl sites for hydroxylation is 1. The van der Waals surface area contributed by atoms with E-state index < -0.39 is 17.6 Å². The smallest absolute Gasteiger partial charge is 0.340 e. The molecule has 5 nitrogen and oxygen atoms in total. The Morgan fingerprint density at radius 1 is 1.04 bits per heavy atom. The van der Waals surface area contributed by atoms with Crippen LogP contribution in [0.2, 0.25) is 0 Å². The minimum absolute atomic E-state index is 0.0812. The topological polar surface area (TPSA) is 67.5 Å². The first-order valence-corrected chi connectivity index (χ1v) is 8.10. The van der Waals surface area contributed by atoms with Gasteiger partial charge in [-0.2, -0.15) is 0 Å². The van der Waals surface area contributed by atoms with Crippen LogP contribution in [0.15, 0.2) is 54.6 Å². The first kappa shape index (κ1) is 16.8. The van der Waals surface area contributed by atoms with Gasteiger partial charge in [-0.15, -0.1) is 5.10 Å². The lowest BCUT2D eigenvalue weighted by atomic mass is 10.00. The second-order valence-electron chi connectivity index (χ2n) is 6.04. The van der Waals surface area contributed by atoms with Crippen molar-refractivity contribution in [2.75, 3.05) is 0 Å². The van der Waals surface area contributed by atoms with Crippen molar-refractivity contribution >= 4 is 11.6 Å². The average molecular weight is 365 g/mol. The summed E-state index contributed by atoms with van der Waals surface area (Å²) in [4.78, 5) is 16.3. The molecule has 0 bridgehead atoms. The molecule has 0 fully saturated rings. The lowest BCUT2D eigenvalue weighted by molar-refractivity contribution is 0.0699. The molecular weight excluding hydrogens is 352 g/mol. The third-order valence-corrected chi connectivity index (χ3v) is 4.27. The molecule has 4 rings (SSSR count). The van der Waals surface area contributed by atoms with Crippen molar-refractivity contribution in [2.45, 2.75) is 6.92 Å². The van der Waals surface area contributed by atoms with Gasteiger partial charge < -0.3 is 5.11 Å². The van der Waals surface area contributed by atoms with Crippen molar-refractivity contribution in [1.29, 1.82) is 0 Å². The molecule has 4 aromatic rings. The van der Waals surface area contributed by atoms with Gasteiger partial charge in [-0.25, -0.2) is 23.1 Å². The maximum atomic E-state index is 14.1. The zero-order valence-electron chi connectivity index (χ0n) is 14.1. The van der Waals surface area contributed by atoms with Crippen LogP contribution in [0.25, 0.3) is 28.2 Å². The molecule has 0 radical (unpaired) electrons. The summed E-state index contributed by atoms with van der Waals surface area (Å²) in [6, 6.07) is 13.2. The van der Waals surface area contributed by atoms with E-state index in [0.29, 0.717) is 16.8 Å². The molecule has 7 heteroatoms. The van der Waals surface area contributed by atoms with E-state index in [1.54, 1.807) is 25.1 Å². The monoisotopic (exact) mass is 365 g/mol. The molecule has 0 aliphatic carbocycles. The number of nitrogens with zero attached hydrogens (tertiary/aromatic N) is 3. The lowest BCUT2D eigenvalue weighted by Crippen LogP contribution is -2.06. The highest BCUT2D eigenvalue weighted by Gasteiger charge is 2.22. The lowest BCUT2D eigenvalue weighted by Gasteiger charge is -2.09. The number of fused-ring (bicyclic) bond motifs is 1. The molecule has 2 heterocycles. The Labute approximate surface area is 152 Å². The summed E-state index contributed by atoms with van der Waals surface area (Å²) in [5.74, 6) is -2.03. The molecule has 0 spiro atoms. The average Bonchev–Trinajstić information content (AvgIpc) is 3.07. The van der Waals surface area contributed by atoms with Crippen molar-refractivity contribution in [1.82, 2.24) is 14.6 Å². The number of pyridine rings is 1. The van der Waals surface area contributed by atoms with Crippen LogP contribution in [-0.4, -0.2) is 25.7 Å². The molecule has 134 valence electrons. The van der Waals surface area contributed by atoms with Crippen molar-refractivity contribution in [3.63, 3.8) is 0 Å². The van der Waals surface area contributed by atoms with Crippen LogP contribution in [0.1, 0.15) is 16.1 Å². The van der Waals surface area contributed by atoms with E-state index in [-0.39, 0.29) is 22.6 Å². The number of halogens is 2. The van der Waals surface area contributed by atoms with Gasteiger partial charge in [0.05, 0.1) is 5.56 Å². The molecule has 0 amide bonds. The Morgan fingerprint density at radius 2 is 1.74 bits per heavy atom. The Kier molecular flexibility index (Phi) is 3.92. The number of benzene rings is 2. The van der Waals surface area contributed by atoms with Gasteiger partial charge in [-0.3, -0.25) is 0 Å². The predicted octanol–water partition coefficient (Wildman–Crippen LogP) is 4.35. The number of hydrogen-bond acceptors (Lipinski definition) is 3. The number of hydrogen-bond donors (Lipinski definition) is 1. The molecule has 0 aliphatic rings. The van der Waals surface area contributed by atoms with Crippen molar-refractivity contribution in [3.05, 3.63) is 77.5 Å². The summed E-state index contributed by atoms with van der Waals surface area (Å²) in [6.45, 7) is 1.74. The zero-order chi connectivity index (χ0) is 19.1. The normalized spacial score (nSPS) is 11.1. The first-order chi connectivity index (χ1) is 13.0. The first-order valence-electron chi connectivity index (χ1n) is 8.10. The largest absolute Gasteiger partial charge is 0.478 e. The van der Waals surface area contributed by atoms with Crippen LogP contribution in [0, 0.1) is 18.6 Å². The molecule has 2 aromatic carbocycles. The minimum Gasteiger partial charge on any atom is -0.478 e. The fourth-order valence-corrected chi connectivity index (χ4v) is 3.01. The Balaban J connectivity index is 2.02. The maximum absolute atomic E-state index is 14.1. The van der Waals surface area contributed by atoms with Crippen LogP contribution < -0.4 is 0 Å². The third kappa shape index (κ3) is 2.83. The van der Waals surface area contributed by atoms with Gasteiger partial charge in [0.15, 0.2) is 11.5 Å². The van der Waals surface area contributed by atoms with E-state index in [9.17, 15) is 18.7 Å². The van der Waals surface area contributed by atoms with Crippen LogP contribution in [-0.2, 0) is 0 Å². The number of aromatic carboxylic acids is 1. The summed E-state index contributed by atoms with van der Waals surface area (Å²) < 4.78 is 28.7. The molecule has 27 heavy (non-hydrogen) atoms. The predicted molar refractivity (Wildman–Crippen MR) is 95.5 cm³/mol. The number of rotatable bonds is 3. The number of carbonyl (C=O) groups is 1. The van der Waals surface area contributed by atoms with E-state index in [0.717, 1.165) is 0 Å². The highest BCUT2D eigenvalue weighted by atomic mass is 19.1. The minimum atomic E-state index is -1.20. The van der Waals surface area contributed by atoms with E-state index in [1.165, 1.54) is 40.9 Å². The van der Waals surface area contributed by atoms with Gasteiger partial charge in [0.25, 0.3) is 0 Å². The van der Waals surface area contributed by atoms with E-state index in [2.05, 4.69) is 10.1 Å². The fraction of sp³-hybridized carbons (Fsp3) is 0.0500. The standard InChI is InChI=1S/C20H13F2N3O2/c1-11-10-15(12-6-8-13(21)9-7-12)17(20(26)27)19-23-18(24-25(11)19)14-4-2-3-5-16(14)22/h2-10H,1H3,(H,26,27). The maximum Gasteiger partial charge on any atom is 0.340 e. The van der Waals surface area contributed by atoms with Gasteiger partial charge in [-0.05, 0) is 42.8 Å². The van der Waals surface area contributed by atoms with E-state index in [4.69, 9.17) is 0 Å². The van der Waals surface area contributed by atoms with Gasteiger partial charge in [0, 0.05) is 11.3 Å². The molecule has 0 aliphatic heterocycles. The zero-order valence-corrected chi connectivity index (χ0v) is 14.1. The summed E-state index contributed by atoms with van der Waals surface area (Å²) in [6.07, 6.45) is 0. The summed E-state index contributed by atoms with van der Waals surface area (Å²) in [5, 5.41) is 14.1. The molecule has 0 atom stereocenters. The van der Waals surface area contributed by atoms with Gasteiger partial charge >= 0.3 is 5.97 Å². The molecular formula is C20H13F2N3O2. The Hall–Kier alpha value is -3.61. The van der Waals surface area contributed by atoms with Crippen molar-refractivity contribution in [3.8, 4) is 22.5 Å². The molecule has 0 saturated carbocycles. The molecule has 2 aromatic heterocycles. The summed E-state index contributed by atoms with van der Waals surface area (Å²) in [5.41, 5.74) is 1.74. The van der Waals surface area contributed by atoms with Crippen LogP contribution in [0.3, 0.4) is 0 Å². The number of carboxylic acid groups (broad SMARTS) is 1. The fourth-order valence-electron chi connectivity index (χ4n) is 3.01. The highest BCUT2D eigenvalue weighted by Crippen LogP contribution is 2.30. The molecule has 0 unspecified atom stereocenters. The SMILES string of the molecule is Cc1cc(-c2ccc(F)cc2)c(C(=O)O)c2nc(-c3ccccc3F)nn12. The quantitative estimate of drug-likeness (QED) is 0.586. The Morgan fingerprint density at radius 3 is 2.41 bits per heavy atom. The second-order valence-corrected chi connectivity index (χ2v) is 6.04. The summed E-state index contributed by atoms with van der Waals surface area (Å²) in [7, 11) is 0. The Bertz CT molecular complexity index is 1180. The molecule has 1 N–H and O–H groups in total. The highest BCUT2D eigenvalue weighted by molar-refractivity contribution is 6.02. The molecule has 0 saturated heterocycles. The second kappa shape index (κ2) is 6.28. The van der Waals surface area contributed by atoms with E-state index in [1.807, 2.05) is 0 Å². The number of aromatic nitrogens is 3. The van der Waals surface area contributed by atoms with Crippen molar-refractivity contribution < 1.29 is 18.7 Å². The van der Waals surface area contributed by atoms with Crippen LogP contribution in [0.5, 0.6) is 0 Å². The van der Waals surface area contributed by atoms with Crippen LogP contribution in [0.4, 0.5) is 8.78 Å². The van der Waals surface area contributed by atoms with E-state index >= 15 is 0 Å². The third-order valence-electron chi connectivity index (χ3n) is 4.27. The van der Waals surface area contributed by atoms with Gasteiger partial charge in [0.2, 0.25) is 0 Å².